The fraction of sp³-hybridized carbons (Fsp3) is 0.545. The minimum absolute atomic E-state index is 0.0607. The first-order chi connectivity index (χ1) is 16.2. The number of hydrogen-bond acceptors (Lipinski definition) is 6. The molecule has 1 saturated heterocycles. The van der Waals surface area contributed by atoms with Gasteiger partial charge in [0.15, 0.2) is 5.65 Å². The van der Waals surface area contributed by atoms with Crippen molar-refractivity contribution in [3.8, 4) is 5.75 Å². The highest BCUT2D eigenvalue weighted by atomic mass is 19.4. The van der Waals surface area contributed by atoms with Crippen LogP contribution in [0.5, 0.6) is 5.75 Å². The van der Waals surface area contributed by atoms with Gasteiger partial charge in [0.2, 0.25) is 0 Å². The van der Waals surface area contributed by atoms with Crippen molar-refractivity contribution in [2.45, 2.75) is 57.4 Å². The van der Waals surface area contributed by atoms with Gasteiger partial charge in [0, 0.05) is 19.3 Å². The summed E-state index contributed by atoms with van der Waals surface area (Å²) >= 11 is 0. The quantitative estimate of drug-likeness (QED) is 0.490. The Labute approximate surface area is 192 Å². The molecule has 0 N–H and O–H groups in total. The van der Waals surface area contributed by atoms with E-state index in [-0.39, 0.29) is 17.3 Å². The average Bonchev–Trinajstić information content (AvgIpc) is 3.37. The summed E-state index contributed by atoms with van der Waals surface area (Å²) in [5.41, 5.74) is 0.0458. The smallest absolute Gasteiger partial charge is 0.418 e. The van der Waals surface area contributed by atoms with E-state index in [1.807, 2.05) is 0 Å². The summed E-state index contributed by atoms with van der Waals surface area (Å²) in [7, 11) is 0. The van der Waals surface area contributed by atoms with Crippen molar-refractivity contribution >= 4 is 17.0 Å². The number of halogens is 5. The molecule has 2 aliphatic rings. The van der Waals surface area contributed by atoms with Crippen LogP contribution in [0.2, 0.25) is 0 Å². The third kappa shape index (κ3) is 4.62. The monoisotopic (exact) mass is 482 g/mol. The number of fused-ring (bicyclic) bond motifs is 1. The first kappa shape index (κ1) is 22.7. The average molecular weight is 482 g/mol. The van der Waals surface area contributed by atoms with Gasteiger partial charge in [-0.2, -0.15) is 18.3 Å². The number of hydrogen-bond donors (Lipinski definition) is 0. The van der Waals surface area contributed by atoms with Crippen molar-refractivity contribution in [2.75, 3.05) is 18.0 Å². The second-order valence-electron chi connectivity index (χ2n) is 9.03. The van der Waals surface area contributed by atoms with Crippen LogP contribution in [0.3, 0.4) is 0 Å². The van der Waals surface area contributed by atoms with E-state index in [0.29, 0.717) is 17.0 Å². The van der Waals surface area contributed by atoms with Crippen molar-refractivity contribution in [1.82, 2.24) is 24.7 Å². The predicted molar refractivity (Wildman–Crippen MR) is 113 cm³/mol. The number of alkyl halides is 5. The molecule has 182 valence electrons. The molecule has 1 atom stereocenters. The lowest BCUT2D eigenvalue weighted by atomic mass is 9.77. The van der Waals surface area contributed by atoms with E-state index in [0.717, 1.165) is 57.5 Å². The molecule has 7 nitrogen and oxygen atoms in total. The molecule has 1 aliphatic heterocycles. The number of piperidine rings is 1. The molecular formula is C22H23F5N6O. The summed E-state index contributed by atoms with van der Waals surface area (Å²) in [5, 5.41) is 3.95. The van der Waals surface area contributed by atoms with Crippen molar-refractivity contribution in [3.63, 3.8) is 0 Å². The van der Waals surface area contributed by atoms with Crippen LogP contribution in [0.25, 0.3) is 11.2 Å². The lowest BCUT2D eigenvalue weighted by Gasteiger charge is -2.39. The molecular weight excluding hydrogens is 459 g/mol. The van der Waals surface area contributed by atoms with Gasteiger partial charge in [0.25, 0.3) is 6.43 Å². The molecule has 0 aromatic carbocycles. The Kier molecular flexibility index (Phi) is 5.76. The van der Waals surface area contributed by atoms with E-state index in [4.69, 9.17) is 4.74 Å². The highest BCUT2D eigenvalue weighted by molar-refractivity contribution is 5.71. The number of nitrogens with zero attached hydrogens (tertiary/aromatic N) is 6. The third-order valence-electron chi connectivity index (χ3n) is 6.79. The highest BCUT2D eigenvalue weighted by Crippen LogP contribution is 2.48. The molecule has 12 heteroatoms. The van der Waals surface area contributed by atoms with Gasteiger partial charge in [-0.3, -0.25) is 4.98 Å². The van der Waals surface area contributed by atoms with E-state index < -0.39 is 24.7 Å². The predicted octanol–water partition coefficient (Wildman–Crippen LogP) is 4.72. The fourth-order valence-corrected chi connectivity index (χ4v) is 5.01. The number of pyridine rings is 1. The van der Waals surface area contributed by atoms with Crippen LogP contribution in [-0.4, -0.2) is 50.4 Å². The van der Waals surface area contributed by atoms with Gasteiger partial charge in [0.05, 0.1) is 30.3 Å². The maximum absolute atomic E-state index is 12.9. The second kappa shape index (κ2) is 8.62. The molecule has 1 aliphatic carbocycles. The molecule has 1 saturated carbocycles. The number of aromatic nitrogens is 5. The molecule has 3 aromatic rings. The Bertz CT molecular complexity index is 1160. The number of ether oxygens (including phenoxy) is 1. The van der Waals surface area contributed by atoms with Crippen molar-refractivity contribution in [1.29, 1.82) is 0 Å². The Balaban J connectivity index is 1.22. The van der Waals surface area contributed by atoms with E-state index in [1.54, 1.807) is 6.20 Å². The summed E-state index contributed by atoms with van der Waals surface area (Å²) in [5.74, 6) is 0.762. The standard InChI is InChI=1S/C22H23F5N6O/c23-18(24)13-33-20-17(11-30-33)29-12-19(31-20)32-5-3-21(4-6-32)2-1-15(8-21)34-16-7-14(9-28-10-16)22(25,26)27/h7,9-12,15,18H,1-6,8,13H2. The molecule has 5 rings (SSSR count). The Morgan fingerprint density at radius 3 is 2.62 bits per heavy atom. The van der Waals surface area contributed by atoms with Gasteiger partial charge in [-0.1, -0.05) is 0 Å². The minimum atomic E-state index is -4.46. The van der Waals surface area contributed by atoms with Crippen LogP contribution >= 0.6 is 0 Å². The fourth-order valence-electron chi connectivity index (χ4n) is 5.01. The summed E-state index contributed by atoms with van der Waals surface area (Å²) in [4.78, 5) is 14.6. The van der Waals surface area contributed by atoms with Gasteiger partial charge in [-0.15, -0.1) is 0 Å². The van der Waals surface area contributed by atoms with Gasteiger partial charge in [-0.25, -0.2) is 23.4 Å². The molecule has 0 bridgehead atoms. The first-order valence-electron chi connectivity index (χ1n) is 11.1. The normalized spacial score (nSPS) is 20.5. The Hall–Kier alpha value is -3.05. The number of rotatable bonds is 5. The van der Waals surface area contributed by atoms with Crippen LogP contribution < -0.4 is 9.64 Å². The zero-order valence-electron chi connectivity index (χ0n) is 18.2. The summed E-state index contributed by atoms with van der Waals surface area (Å²) in [6.45, 7) is 0.912. The summed E-state index contributed by atoms with van der Waals surface area (Å²) in [6.07, 6.45) is 2.25. The Morgan fingerprint density at radius 2 is 1.88 bits per heavy atom. The third-order valence-corrected chi connectivity index (χ3v) is 6.79. The van der Waals surface area contributed by atoms with Crippen LogP contribution in [-0.2, 0) is 12.7 Å². The van der Waals surface area contributed by atoms with Crippen molar-refractivity contribution < 1.29 is 26.7 Å². The maximum atomic E-state index is 12.9. The van der Waals surface area contributed by atoms with Crippen LogP contribution in [0.4, 0.5) is 27.8 Å². The first-order valence-corrected chi connectivity index (χ1v) is 11.1. The van der Waals surface area contributed by atoms with Crippen LogP contribution in [0, 0.1) is 5.41 Å². The van der Waals surface area contributed by atoms with Gasteiger partial charge < -0.3 is 9.64 Å². The van der Waals surface area contributed by atoms with Crippen molar-refractivity contribution in [2.24, 2.45) is 5.41 Å². The maximum Gasteiger partial charge on any atom is 0.418 e. The second-order valence-corrected chi connectivity index (χ2v) is 9.03. The molecule has 0 amide bonds. The van der Waals surface area contributed by atoms with Gasteiger partial charge in [-0.05, 0) is 43.6 Å². The summed E-state index contributed by atoms with van der Waals surface area (Å²) in [6, 6.07) is 0.994. The van der Waals surface area contributed by atoms with E-state index in [1.165, 1.54) is 17.1 Å². The molecule has 2 fully saturated rings. The van der Waals surface area contributed by atoms with E-state index in [2.05, 4.69) is 25.0 Å². The zero-order chi connectivity index (χ0) is 23.9. The van der Waals surface area contributed by atoms with Crippen LogP contribution in [0.15, 0.2) is 30.9 Å². The lowest BCUT2D eigenvalue weighted by molar-refractivity contribution is -0.138. The summed E-state index contributed by atoms with van der Waals surface area (Å²) < 4.78 is 71.5. The number of anilines is 1. The van der Waals surface area contributed by atoms with Gasteiger partial charge in [0.1, 0.15) is 23.6 Å². The van der Waals surface area contributed by atoms with Gasteiger partial charge >= 0.3 is 6.18 Å². The van der Waals surface area contributed by atoms with Crippen molar-refractivity contribution in [3.05, 3.63) is 36.4 Å². The lowest BCUT2D eigenvalue weighted by Crippen LogP contribution is -2.40. The molecule has 0 radical (unpaired) electrons. The molecule has 4 heterocycles. The molecule has 1 unspecified atom stereocenters. The SMILES string of the molecule is FC(F)Cn1ncc2ncc(N3CCC4(CCC(Oc5cncc(C(F)(F)F)c5)C4)CC3)nc21. The Morgan fingerprint density at radius 1 is 1.09 bits per heavy atom. The highest BCUT2D eigenvalue weighted by Gasteiger charge is 2.42. The van der Waals surface area contributed by atoms with Crippen LogP contribution in [0.1, 0.15) is 37.7 Å². The minimum Gasteiger partial charge on any atom is -0.489 e. The molecule has 34 heavy (non-hydrogen) atoms. The molecule has 3 aromatic heterocycles. The largest absolute Gasteiger partial charge is 0.489 e. The van der Waals surface area contributed by atoms with E-state index >= 15 is 0 Å². The zero-order valence-corrected chi connectivity index (χ0v) is 18.2. The van der Waals surface area contributed by atoms with E-state index in [9.17, 15) is 22.0 Å². The molecule has 1 spiro atoms. The topological polar surface area (TPSA) is 69.0 Å².